The lowest BCUT2D eigenvalue weighted by Crippen LogP contribution is -2.34. The van der Waals surface area contributed by atoms with Crippen molar-refractivity contribution in [1.82, 2.24) is 14.5 Å². The highest BCUT2D eigenvalue weighted by Gasteiger charge is 2.30. The predicted molar refractivity (Wildman–Crippen MR) is 116 cm³/mol. The zero-order valence-electron chi connectivity index (χ0n) is 16.2. The number of thiophene rings is 1. The fraction of sp³-hybridized carbons (Fsp3) is 0.350. The zero-order chi connectivity index (χ0) is 21.0. The third kappa shape index (κ3) is 5.19. The van der Waals surface area contributed by atoms with Crippen LogP contribution in [0.4, 0.5) is 0 Å². The number of halogens is 1. The number of rotatable bonds is 9. The van der Waals surface area contributed by atoms with Crippen LogP contribution in [-0.2, 0) is 16.6 Å². The summed E-state index contributed by atoms with van der Waals surface area (Å²) in [6.07, 6.45) is 3.32. The molecule has 2 heterocycles. The normalized spacial score (nSPS) is 13.1. The minimum absolute atomic E-state index is 0.107. The Morgan fingerprint density at radius 1 is 1.14 bits per heavy atom. The lowest BCUT2D eigenvalue weighted by Gasteiger charge is -2.27. The van der Waals surface area contributed by atoms with Gasteiger partial charge in [0.15, 0.2) is 0 Å². The Kier molecular flexibility index (Phi) is 7.00. The molecule has 0 radical (unpaired) electrons. The van der Waals surface area contributed by atoms with Crippen LogP contribution in [0.1, 0.15) is 44.0 Å². The van der Waals surface area contributed by atoms with Gasteiger partial charge in [-0.3, -0.25) is 4.68 Å². The van der Waals surface area contributed by atoms with Gasteiger partial charge in [0.2, 0.25) is 0 Å². The highest BCUT2D eigenvalue weighted by Crippen LogP contribution is 2.32. The molecule has 0 unspecified atom stereocenters. The van der Waals surface area contributed by atoms with Crippen LogP contribution in [0.15, 0.2) is 52.9 Å². The van der Waals surface area contributed by atoms with Crippen molar-refractivity contribution in [3.63, 3.8) is 0 Å². The maximum absolute atomic E-state index is 13.0. The maximum atomic E-state index is 13.0. The Hall–Kier alpha value is -1.87. The number of sulfonamides is 1. The average molecular weight is 454 g/mol. The molecule has 0 aliphatic rings. The van der Waals surface area contributed by atoms with Gasteiger partial charge in [-0.05, 0) is 41.8 Å². The van der Waals surface area contributed by atoms with E-state index < -0.39 is 16.1 Å². The summed E-state index contributed by atoms with van der Waals surface area (Å²) in [6.45, 7) is 4.59. The van der Waals surface area contributed by atoms with Crippen LogP contribution in [-0.4, -0.2) is 23.3 Å². The molecule has 3 rings (SSSR count). The van der Waals surface area contributed by atoms with E-state index in [1.165, 1.54) is 6.07 Å². The largest absolute Gasteiger partial charge is 0.508 e. The summed E-state index contributed by atoms with van der Waals surface area (Å²) < 4.78 is 31.3. The second-order valence-corrected chi connectivity index (χ2v) is 10.5. The van der Waals surface area contributed by atoms with Gasteiger partial charge >= 0.3 is 0 Å². The van der Waals surface area contributed by atoms with Gasteiger partial charge in [0, 0.05) is 6.20 Å². The second-order valence-electron chi connectivity index (χ2n) is 6.81. The summed E-state index contributed by atoms with van der Waals surface area (Å²) in [4.78, 5) is 0. The van der Waals surface area contributed by atoms with Gasteiger partial charge in [-0.15, -0.1) is 11.3 Å². The van der Waals surface area contributed by atoms with Crippen molar-refractivity contribution < 1.29 is 13.5 Å². The molecule has 0 saturated carbocycles. The minimum atomic E-state index is -3.72. The summed E-state index contributed by atoms with van der Waals surface area (Å²) in [6, 6.07) is 11.4. The molecule has 0 amide bonds. The Bertz CT molecular complexity index is 1040. The molecule has 3 aromatic rings. The highest BCUT2D eigenvalue weighted by atomic mass is 35.5. The van der Waals surface area contributed by atoms with E-state index in [4.69, 9.17) is 11.6 Å². The average Bonchev–Trinajstić information content (AvgIpc) is 3.33. The third-order valence-corrected chi connectivity index (χ3v) is 8.12. The first-order chi connectivity index (χ1) is 13.8. The predicted octanol–water partition coefficient (Wildman–Crippen LogP) is 4.81. The van der Waals surface area contributed by atoms with Crippen molar-refractivity contribution in [3.8, 4) is 5.75 Å². The molecule has 9 heteroatoms. The Morgan fingerprint density at radius 3 is 2.41 bits per heavy atom. The smallest absolute Gasteiger partial charge is 0.250 e. The molecule has 0 fully saturated rings. The van der Waals surface area contributed by atoms with E-state index in [2.05, 4.69) is 23.7 Å². The molecule has 0 spiro atoms. The Balaban J connectivity index is 1.94. The summed E-state index contributed by atoms with van der Waals surface area (Å²) in [7, 11) is -3.72. The van der Waals surface area contributed by atoms with Crippen LogP contribution >= 0.6 is 22.9 Å². The quantitative estimate of drug-likeness (QED) is 0.487. The fourth-order valence-electron chi connectivity index (χ4n) is 3.34. The number of hydrogen-bond donors (Lipinski definition) is 2. The highest BCUT2D eigenvalue weighted by molar-refractivity contribution is 7.91. The van der Waals surface area contributed by atoms with Crippen molar-refractivity contribution in [2.45, 2.75) is 43.5 Å². The van der Waals surface area contributed by atoms with E-state index in [1.54, 1.807) is 29.1 Å². The van der Waals surface area contributed by atoms with Crippen molar-refractivity contribution in [1.29, 1.82) is 0 Å². The monoisotopic (exact) mass is 453 g/mol. The Morgan fingerprint density at radius 2 is 1.83 bits per heavy atom. The molecule has 1 atom stereocenters. The number of phenolic OH excluding ortho intramolecular Hbond substituents is 1. The van der Waals surface area contributed by atoms with E-state index in [9.17, 15) is 13.5 Å². The van der Waals surface area contributed by atoms with E-state index >= 15 is 0 Å². The van der Waals surface area contributed by atoms with Crippen molar-refractivity contribution >= 4 is 33.0 Å². The molecular weight excluding hydrogens is 430 g/mol. The van der Waals surface area contributed by atoms with Gasteiger partial charge in [0.05, 0.1) is 22.6 Å². The van der Waals surface area contributed by atoms with E-state index in [-0.39, 0.29) is 15.9 Å². The van der Waals surface area contributed by atoms with Crippen molar-refractivity contribution in [3.05, 3.63) is 64.3 Å². The first-order valence-electron chi connectivity index (χ1n) is 9.41. The Labute approximate surface area is 180 Å². The van der Waals surface area contributed by atoms with Crippen LogP contribution < -0.4 is 4.72 Å². The number of nitrogens with zero attached hydrogens (tertiary/aromatic N) is 2. The van der Waals surface area contributed by atoms with Crippen LogP contribution in [0, 0.1) is 5.92 Å². The van der Waals surface area contributed by atoms with Gasteiger partial charge in [0.25, 0.3) is 10.0 Å². The second kappa shape index (κ2) is 9.30. The SMILES string of the molecule is CCC(CC)[C@@H](NS(=O)(=O)c1ccc(Cl)s1)c1ccnn1Cc1ccc(O)cc1. The molecule has 6 nitrogen and oxygen atoms in total. The standard InChI is InChI=1S/C20H24ClN3O3S2/c1-3-15(4-2)20(23-29(26,27)19-10-9-18(21)28-19)17-11-12-22-24(17)13-14-5-7-16(25)8-6-14/h5-12,15,20,23,25H,3-4,13H2,1-2H3/t20-/m1/s1. The lowest BCUT2D eigenvalue weighted by molar-refractivity contribution is 0.359. The first kappa shape index (κ1) is 21.8. The maximum Gasteiger partial charge on any atom is 0.250 e. The van der Waals surface area contributed by atoms with Gasteiger partial charge in [-0.25, -0.2) is 13.1 Å². The number of hydrogen-bond acceptors (Lipinski definition) is 5. The molecule has 0 saturated heterocycles. The van der Waals surface area contributed by atoms with Gasteiger partial charge in [-0.1, -0.05) is 50.4 Å². The molecule has 156 valence electrons. The molecule has 2 aromatic heterocycles. The van der Waals surface area contributed by atoms with E-state index in [0.717, 1.165) is 35.4 Å². The van der Waals surface area contributed by atoms with Crippen LogP contribution in [0.25, 0.3) is 0 Å². The summed E-state index contributed by atoms with van der Waals surface area (Å²) in [5.74, 6) is 0.308. The van der Waals surface area contributed by atoms with Crippen LogP contribution in [0.3, 0.4) is 0 Å². The lowest BCUT2D eigenvalue weighted by atomic mass is 9.92. The molecule has 2 N–H and O–H groups in total. The molecule has 0 aliphatic heterocycles. The molecule has 0 aliphatic carbocycles. The number of nitrogens with one attached hydrogen (secondary N) is 1. The number of aromatic hydroxyl groups is 1. The van der Waals surface area contributed by atoms with E-state index in [0.29, 0.717) is 10.9 Å². The number of benzene rings is 1. The summed E-state index contributed by atoms with van der Waals surface area (Å²) >= 11 is 6.98. The topological polar surface area (TPSA) is 84.2 Å². The number of aromatic nitrogens is 2. The summed E-state index contributed by atoms with van der Waals surface area (Å²) in [5, 5.41) is 13.9. The fourth-order valence-corrected chi connectivity index (χ4v) is 6.12. The molecule has 29 heavy (non-hydrogen) atoms. The first-order valence-corrected chi connectivity index (χ1v) is 12.1. The molecular formula is C20H24ClN3O3S2. The summed E-state index contributed by atoms with van der Waals surface area (Å²) in [5.41, 5.74) is 1.77. The van der Waals surface area contributed by atoms with Crippen LogP contribution in [0.2, 0.25) is 4.34 Å². The van der Waals surface area contributed by atoms with Gasteiger partial charge in [0.1, 0.15) is 9.96 Å². The van der Waals surface area contributed by atoms with Crippen molar-refractivity contribution in [2.24, 2.45) is 5.92 Å². The van der Waals surface area contributed by atoms with Crippen molar-refractivity contribution in [2.75, 3.05) is 0 Å². The van der Waals surface area contributed by atoms with E-state index in [1.807, 2.05) is 18.2 Å². The van der Waals surface area contributed by atoms with Crippen LogP contribution in [0.5, 0.6) is 5.75 Å². The molecule has 1 aromatic carbocycles. The van der Waals surface area contributed by atoms with Gasteiger partial charge in [-0.2, -0.15) is 5.10 Å². The minimum Gasteiger partial charge on any atom is -0.508 e. The van der Waals surface area contributed by atoms with Gasteiger partial charge < -0.3 is 5.11 Å². The molecule has 0 bridgehead atoms. The third-order valence-electron chi connectivity index (χ3n) is 4.95. The zero-order valence-corrected chi connectivity index (χ0v) is 18.6. The number of phenols is 1.